The van der Waals surface area contributed by atoms with E-state index in [9.17, 15) is 22.4 Å². The third kappa shape index (κ3) is 7.79. The van der Waals surface area contributed by atoms with Gasteiger partial charge in [0, 0.05) is 12.6 Å². The fraction of sp³-hybridized carbons (Fsp3) is 0.517. The Morgan fingerprint density at radius 1 is 1.03 bits per heavy atom. The van der Waals surface area contributed by atoms with E-state index >= 15 is 0 Å². The quantitative estimate of drug-likeness (QED) is 0.432. The molecule has 1 saturated carbocycles. The predicted molar refractivity (Wildman–Crippen MR) is 149 cm³/mol. The van der Waals surface area contributed by atoms with Crippen molar-refractivity contribution in [2.45, 2.75) is 83.8 Å². The lowest BCUT2D eigenvalue weighted by Crippen LogP contribution is -2.54. The molecule has 0 radical (unpaired) electrons. The third-order valence-corrected chi connectivity index (χ3v) is 8.24. The number of amides is 2. The van der Waals surface area contributed by atoms with E-state index in [1.165, 1.54) is 17.0 Å². The van der Waals surface area contributed by atoms with Gasteiger partial charge in [-0.3, -0.25) is 13.9 Å². The van der Waals surface area contributed by atoms with Gasteiger partial charge in [-0.2, -0.15) is 0 Å². The third-order valence-electron chi connectivity index (χ3n) is 7.11. The monoisotopic (exact) mass is 545 g/mol. The van der Waals surface area contributed by atoms with E-state index in [0.29, 0.717) is 17.7 Å². The van der Waals surface area contributed by atoms with Gasteiger partial charge in [0.1, 0.15) is 18.4 Å². The highest BCUT2D eigenvalue weighted by Gasteiger charge is 2.33. The summed E-state index contributed by atoms with van der Waals surface area (Å²) in [5, 5.41) is 3.11. The van der Waals surface area contributed by atoms with Crippen molar-refractivity contribution in [1.82, 2.24) is 10.2 Å². The molecule has 0 aliphatic heterocycles. The van der Waals surface area contributed by atoms with Gasteiger partial charge in [0.2, 0.25) is 21.8 Å². The Bertz CT molecular complexity index is 1190. The number of rotatable bonds is 11. The van der Waals surface area contributed by atoms with E-state index in [1.54, 1.807) is 24.3 Å². The van der Waals surface area contributed by atoms with Gasteiger partial charge in [-0.15, -0.1) is 0 Å². The Labute approximate surface area is 226 Å². The number of hydrogen-bond donors (Lipinski definition) is 1. The first kappa shape index (κ1) is 29.6. The minimum Gasteiger partial charge on any atom is -0.352 e. The number of halogens is 1. The van der Waals surface area contributed by atoms with E-state index in [-0.39, 0.29) is 24.4 Å². The summed E-state index contributed by atoms with van der Waals surface area (Å²) in [5.74, 6) is -1.11. The van der Waals surface area contributed by atoms with Gasteiger partial charge in [-0.1, -0.05) is 70.4 Å². The van der Waals surface area contributed by atoms with Crippen LogP contribution in [0.25, 0.3) is 0 Å². The zero-order chi connectivity index (χ0) is 27.9. The summed E-state index contributed by atoms with van der Waals surface area (Å²) in [5.41, 5.74) is 1.90. The molecule has 0 spiro atoms. The van der Waals surface area contributed by atoms with Crippen LogP contribution in [0.1, 0.15) is 76.3 Å². The van der Waals surface area contributed by atoms with E-state index in [4.69, 9.17) is 0 Å². The molecular formula is C29H40FN3O4S. The molecule has 0 aromatic heterocycles. The van der Waals surface area contributed by atoms with Crippen LogP contribution in [0.5, 0.6) is 0 Å². The number of nitrogens with one attached hydrogen (secondary N) is 1. The zero-order valence-electron chi connectivity index (χ0n) is 22.8. The normalized spacial score (nSPS) is 15.2. The van der Waals surface area contributed by atoms with Gasteiger partial charge in [0.15, 0.2) is 0 Å². The number of carbonyl (C=O) groups is 2. The topological polar surface area (TPSA) is 86.8 Å². The molecular weight excluding hydrogens is 505 g/mol. The van der Waals surface area contributed by atoms with Crippen molar-refractivity contribution in [2.24, 2.45) is 0 Å². The van der Waals surface area contributed by atoms with Gasteiger partial charge < -0.3 is 10.2 Å². The molecule has 9 heteroatoms. The average molecular weight is 546 g/mol. The maximum Gasteiger partial charge on any atom is 0.244 e. The molecule has 0 saturated heterocycles. The smallest absolute Gasteiger partial charge is 0.244 e. The summed E-state index contributed by atoms with van der Waals surface area (Å²) in [6.07, 6.45) is 6.50. The van der Waals surface area contributed by atoms with Crippen molar-refractivity contribution in [1.29, 1.82) is 0 Å². The highest BCUT2D eigenvalue weighted by molar-refractivity contribution is 7.92. The molecule has 0 bridgehead atoms. The standard InChI is InChI=1S/C29H40FN3O4S/c1-5-26(29(35)31-24-11-7-6-8-12-24)32(19-22-15-17-23(30)18-16-22)28(34)20-33(38(4,36)37)27-14-10-9-13-25(27)21(2)3/h9-10,13-18,21,24,26H,5-8,11-12,19-20H2,1-4H3,(H,31,35)/t26-/m0/s1. The summed E-state index contributed by atoms with van der Waals surface area (Å²) < 4.78 is 40.6. The first-order valence-electron chi connectivity index (χ1n) is 13.4. The number of benzene rings is 2. The van der Waals surface area contributed by atoms with Gasteiger partial charge in [0.05, 0.1) is 11.9 Å². The van der Waals surface area contributed by atoms with E-state index in [0.717, 1.165) is 48.2 Å². The molecule has 2 aromatic rings. The van der Waals surface area contributed by atoms with Crippen molar-refractivity contribution >= 4 is 27.5 Å². The molecule has 1 aliphatic carbocycles. The van der Waals surface area contributed by atoms with Crippen LogP contribution in [0, 0.1) is 5.82 Å². The lowest BCUT2D eigenvalue weighted by molar-refractivity contribution is -0.140. The SMILES string of the molecule is CC[C@@H](C(=O)NC1CCCCC1)N(Cc1ccc(F)cc1)C(=O)CN(c1ccccc1C(C)C)S(C)(=O)=O. The number of anilines is 1. The van der Waals surface area contributed by atoms with Crippen molar-refractivity contribution in [2.75, 3.05) is 17.1 Å². The number of carbonyl (C=O) groups excluding carboxylic acids is 2. The van der Waals surface area contributed by atoms with Crippen LogP contribution in [-0.4, -0.2) is 50.0 Å². The molecule has 0 unspecified atom stereocenters. The number of hydrogen-bond acceptors (Lipinski definition) is 4. The average Bonchev–Trinajstić information content (AvgIpc) is 2.88. The first-order chi connectivity index (χ1) is 18.0. The van der Waals surface area contributed by atoms with Crippen LogP contribution in [0.3, 0.4) is 0 Å². The Kier molecular flexibility index (Phi) is 10.3. The summed E-state index contributed by atoms with van der Waals surface area (Å²) in [4.78, 5) is 28.8. The molecule has 2 aromatic carbocycles. The predicted octanol–water partition coefficient (Wildman–Crippen LogP) is 4.97. The van der Waals surface area contributed by atoms with Crippen molar-refractivity contribution in [3.8, 4) is 0 Å². The molecule has 3 rings (SSSR count). The van der Waals surface area contributed by atoms with E-state index in [1.807, 2.05) is 32.9 Å². The molecule has 1 aliphatic rings. The molecule has 1 atom stereocenters. The zero-order valence-corrected chi connectivity index (χ0v) is 23.6. The molecule has 7 nitrogen and oxygen atoms in total. The highest BCUT2D eigenvalue weighted by atomic mass is 32.2. The second-order valence-electron chi connectivity index (χ2n) is 10.4. The van der Waals surface area contributed by atoms with Gasteiger partial charge >= 0.3 is 0 Å². The Hall–Kier alpha value is -2.94. The highest BCUT2D eigenvalue weighted by Crippen LogP contribution is 2.29. The van der Waals surface area contributed by atoms with Crippen LogP contribution in [0.2, 0.25) is 0 Å². The second kappa shape index (κ2) is 13.2. The van der Waals surface area contributed by atoms with Crippen LogP contribution in [0.15, 0.2) is 48.5 Å². The number of para-hydroxylation sites is 1. The maximum atomic E-state index is 13.9. The van der Waals surface area contributed by atoms with Crippen molar-refractivity contribution < 1.29 is 22.4 Å². The summed E-state index contributed by atoms with van der Waals surface area (Å²) in [6, 6.07) is 12.2. The Balaban J connectivity index is 1.95. The fourth-order valence-electron chi connectivity index (χ4n) is 5.05. The van der Waals surface area contributed by atoms with Crippen molar-refractivity contribution in [3.63, 3.8) is 0 Å². The van der Waals surface area contributed by atoms with Crippen LogP contribution >= 0.6 is 0 Å². The summed E-state index contributed by atoms with van der Waals surface area (Å²) in [7, 11) is -3.82. The van der Waals surface area contributed by atoms with Gasteiger partial charge in [-0.05, 0) is 54.5 Å². The molecule has 38 heavy (non-hydrogen) atoms. The summed E-state index contributed by atoms with van der Waals surface area (Å²) >= 11 is 0. The summed E-state index contributed by atoms with van der Waals surface area (Å²) in [6.45, 7) is 5.36. The number of nitrogens with zero attached hydrogens (tertiary/aromatic N) is 2. The van der Waals surface area contributed by atoms with Crippen molar-refractivity contribution in [3.05, 3.63) is 65.5 Å². The first-order valence-corrected chi connectivity index (χ1v) is 15.3. The van der Waals surface area contributed by atoms with Gasteiger partial charge in [0.25, 0.3) is 0 Å². The second-order valence-corrected chi connectivity index (χ2v) is 12.3. The molecule has 1 fully saturated rings. The van der Waals surface area contributed by atoms with Crippen LogP contribution in [0.4, 0.5) is 10.1 Å². The molecule has 2 amide bonds. The molecule has 0 heterocycles. The van der Waals surface area contributed by atoms with E-state index < -0.39 is 34.3 Å². The van der Waals surface area contributed by atoms with Crippen LogP contribution < -0.4 is 9.62 Å². The largest absolute Gasteiger partial charge is 0.352 e. The number of sulfonamides is 1. The fourth-order valence-corrected chi connectivity index (χ4v) is 5.92. The Morgan fingerprint density at radius 3 is 2.24 bits per heavy atom. The lowest BCUT2D eigenvalue weighted by Gasteiger charge is -2.34. The lowest BCUT2D eigenvalue weighted by atomic mass is 9.95. The maximum absolute atomic E-state index is 13.9. The molecule has 1 N–H and O–H groups in total. The van der Waals surface area contributed by atoms with E-state index in [2.05, 4.69) is 5.32 Å². The van der Waals surface area contributed by atoms with Crippen LogP contribution in [-0.2, 0) is 26.2 Å². The minimum atomic E-state index is -3.82. The van der Waals surface area contributed by atoms with Gasteiger partial charge in [-0.25, -0.2) is 12.8 Å². The minimum absolute atomic E-state index is 0.0329. The molecule has 208 valence electrons. The Morgan fingerprint density at radius 2 is 1.66 bits per heavy atom.